The van der Waals surface area contributed by atoms with Crippen molar-refractivity contribution < 1.29 is 23.8 Å². The zero-order valence-corrected chi connectivity index (χ0v) is 16.8. The van der Waals surface area contributed by atoms with Gasteiger partial charge in [0.2, 0.25) is 5.88 Å². The SMILES string of the molecule is CCOC(=O)CC1=C(C(=O)OCC)C(c2c(Cl)cccc2Cl)C(C#N)=C(N)O1. The second-order valence-corrected chi connectivity index (χ2v) is 6.41. The number of benzene rings is 1. The molecular formula is C19H18Cl2N2O5. The zero-order valence-electron chi connectivity index (χ0n) is 15.3. The van der Waals surface area contributed by atoms with Gasteiger partial charge in [0.15, 0.2) is 0 Å². The van der Waals surface area contributed by atoms with Gasteiger partial charge < -0.3 is 19.9 Å². The summed E-state index contributed by atoms with van der Waals surface area (Å²) in [6, 6.07) is 6.70. The van der Waals surface area contributed by atoms with Gasteiger partial charge in [0.25, 0.3) is 0 Å². The summed E-state index contributed by atoms with van der Waals surface area (Å²) < 4.78 is 15.5. The van der Waals surface area contributed by atoms with E-state index in [4.69, 9.17) is 43.1 Å². The number of hydrogen-bond acceptors (Lipinski definition) is 7. The van der Waals surface area contributed by atoms with E-state index in [0.29, 0.717) is 0 Å². The molecule has 1 unspecified atom stereocenters. The van der Waals surface area contributed by atoms with E-state index in [-0.39, 0.29) is 58.0 Å². The fourth-order valence-corrected chi connectivity index (χ4v) is 3.42. The van der Waals surface area contributed by atoms with Gasteiger partial charge in [0, 0.05) is 15.6 Å². The molecule has 0 aliphatic carbocycles. The van der Waals surface area contributed by atoms with Crippen molar-refractivity contribution in [1.82, 2.24) is 0 Å². The van der Waals surface area contributed by atoms with Crippen LogP contribution in [0.3, 0.4) is 0 Å². The quantitative estimate of drug-likeness (QED) is 0.694. The Bertz CT molecular complexity index is 882. The van der Waals surface area contributed by atoms with Crippen LogP contribution in [0.2, 0.25) is 10.0 Å². The minimum Gasteiger partial charge on any atom is -0.466 e. The Morgan fingerprint density at radius 2 is 1.82 bits per heavy atom. The molecular weight excluding hydrogens is 407 g/mol. The van der Waals surface area contributed by atoms with Crippen LogP contribution in [0.4, 0.5) is 0 Å². The number of esters is 2. The summed E-state index contributed by atoms with van der Waals surface area (Å²) in [5.41, 5.74) is 6.06. The lowest BCUT2D eigenvalue weighted by atomic mass is 9.82. The predicted octanol–water partition coefficient (Wildman–Crippen LogP) is 3.57. The number of rotatable bonds is 6. The zero-order chi connectivity index (χ0) is 20.8. The van der Waals surface area contributed by atoms with Crippen LogP contribution in [0, 0.1) is 11.3 Å². The van der Waals surface area contributed by atoms with Crippen LogP contribution in [0.1, 0.15) is 31.7 Å². The highest BCUT2D eigenvalue weighted by Crippen LogP contribution is 2.45. The first-order valence-electron chi connectivity index (χ1n) is 8.42. The maximum absolute atomic E-state index is 12.8. The molecule has 0 radical (unpaired) electrons. The van der Waals surface area contributed by atoms with Gasteiger partial charge in [-0.1, -0.05) is 29.3 Å². The molecule has 2 rings (SSSR count). The number of halogens is 2. The number of hydrogen-bond donors (Lipinski definition) is 1. The van der Waals surface area contributed by atoms with Crippen molar-refractivity contribution in [3.63, 3.8) is 0 Å². The van der Waals surface area contributed by atoms with Crippen molar-refractivity contribution in [2.75, 3.05) is 13.2 Å². The Labute approximate surface area is 172 Å². The Kier molecular flexibility index (Phi) is 7.32. The lowest BCUT2D eigenvalue weighted by Crippen LogP contribution is -2.27. The summed E-state index contributed by atoms with van der Waals surface area (Å²) in [6.07, 6.45) is -0.375. The summed E-state index contributed by atoms with van der Waals surface area (Å²) in [5, 5.41) is 10.1. The second-order valence-electron chi connectivity index (χ2n) is 5.60. The number of carbonyl (C=O) groups is 2. The van der Waals surface area contributed by atoms with E-state index in [1.54, 1.807) is 32.0 Å². The number of carbonyl (C=O) groups excluding carboxylic acids is 2. The van der Waals surface area contributed by atoms with Crippen molar-refractivity contribution in [2.24, 2.45) is 5.73 Å². The Morgan fingerprint density at radius 1 is 1.21 bits per heavy atom. The number of allylic oxidation sites excluding steroid dienone is 1. The van der Waals surface area contributed by atoms with Gasteiger partial charge >= 0.3 is 11.9 Å². The lowest BCUT2D eigenvalue weighted by Gasteiger charge is -2.28. The summed E-state index contributed by atoms with van der Waals surface area (Å²) >= 11 is 12.6. The average Bonchev–Trinajstić information content (AvgIpc) is 2.62. The van der Waals surface area contributed by atoms with Crippen LogP contribution < -0.4 is 5.73 Å². The number of ether oxygens (including phenoxy) is 3. The van der Waals surface area contributed by atoms with Crippen LogP contribution >= 0.6 is 23.2 Å². The van der Waals surface area contributed by atoms with E-state index in [1.165, 1.54) is 0 Å². The molecule has 1 aliphatic rings. The smallest absolute Gasteiger partial charge is 0.338 e. The largest absolute Gasteiger partial charge is 0.466 e. The van der Waals surface area contributed by atoms with Crippen molar-refractivity contribution >= 4 is 35.1 Å². The fraction of sp³-hybridized carbons (Fsp3) is 0.316. The molecule has 9 heteroatoms. The van der Waals surface area contributed by atoms with Crippen LogP contribution in [-0.4, -0.2) is 25.2 Å². The van der Waals surface area contributed by atoms with Gasteiger partial charge in [-0.25, -0.2) is 4.79 Å². The third-order valence-corrected chi connectivity index (χ3v) is 4.55. The van der Waals surface area contributed by atoms with Gasteiger partial charge in [-0.2, -0.15) is 5.26 Å². The van der Waals surface area contributed by atoms with Crippen LogP contribution in [-0.2, 0) is 23.8 Å². The summed E-state index contributed by atoms with van der Waals surface area (Å²) in [7, 11) is 0. The third-order valence-electron chi connectivity index (χ3n) is 3.89. The normalized spacial score (nSPS) is 16.3. The Balaban J connectivity index is 2.73. The van der Waals surface area contributed by atoms with Gasteiger partial charge in [0.05, 0.1) is 24.7 Å². The first kappa shape index (κ1) is 21.6. The van der Waals surface area contributed by atoms with Gasteiger partial charge in [0.1, 0.15) is 23.8 Å². The van der Waals surface area contributed by atoms with E-state index in [1.807, 2.05) is 6.07 Å². The summed E-state index contributed by atoms with van der Waals surface area (Å²) in [6.45, 7) is 3.49. The average molecular weight is 425 g/mol. The highest BCUT2D eigenvalue weighted by molar-refractivity contribution is 6.36. The molecule has 7 nitrogen and oxygen atoms in total. The van der Waals surface area contributed by atoms with Crippen molar-refractivity contribution in [1.29, 1.82) is 5.26 Å². The molecule has 0 fully saturated rings. The first-order chi connectivity index (χ1) is 13.3. The van der Waals surface area contributed by atoms with E-state index < -0.39 is 17.9 Å². The lowest BCUT2D eigenvalue weighted by molar-refractivity contribution is -0.143. The number of nitrogens with zero attached hydrogens (tertiary/aromatic N) is 1. The molecule has 1 aromatic carbocycles. The molecule has 1 heterocycles. The monoisotopic (exact) mass is 424 g/mol. The van der Waals surface area contributed by atoms with Gasteiger partial charge in [-0.15, -0.1) is 0 Å². The summed E-state index contributed by atoms with van der Waals surface area (Å²) in [4.78, 5) is 24.8. The molecule has 0 amide bonds. The first-order valence-corrected chi connectivity index (χ1v) is 9.18. The minimum absolute atomic E-state index is 0.0642. The van der Waals surface area contributed by atoms with Crippen LogP contribution in [0.25, 0.3) is 0 Å². The maximum Gasteiger partial charge on any atom is 0.338 e. The van der Waals surface area contributed by atoms with Crippen molar-refractivity contribution in [3.8, 4) is 6.07 Å². The highest BCUT2D eigenvalue weighted by Gasteiger charge is 2.40. The molecule has 148 valence electrons. The fourth-order valence-electron chi connectivity index (χ4n) is 2.80. The maximum atomic E-state index is 12.8. The van der Waals surface area contributed by atoms with E-state index in [2.05, 4.69) is 0 Å². The van der Waals surface area contributed by atoms with E-state index in [0.717, 1.165) is 0 Å². The molecule has 0 bridgehead atoms. The van der Waals surface area contributed by atoms with Gasteiger partial charge in [-0.05, 0) is 26.0 Å². The number of nitrogens with two attached hydrogens (primary N) is 1. The molecule has 1 aromatic rings. The molecule has 2 N–H and O–H groups in total. The third kappa shape index (κ3) is 4.41. The topological polar surface area (TPSA) is 112 Å². The molecule has 1 aliphatic heterocycles. The van der Waals surface area contributed by atoms with Crippen LogP contribution in [0.5, 0.6) is 0 Å². The molecule has 0 saturated carbocycles. The van der Waals surface area contributed by atoms with Crippen molar-refractivity contribution in [3.05, 3.63) is 56.6 Å². The molecule has 0 aromatic heterocycles. The molecule has 0 spiro atoms. The highest BCUT2D eigenvalue weighted by atomic mass is 35.5. The Hall–Kier alpha value is -2.69. The standard InChI is InChI=1S/C19H18Cl2N2O5/c1-3-26-14(24)8-13-17(19(25)27-4-2)15(10(9-22)18(23)28-13)16-11(20)6-5-7-12(16)21/h5-7,15H,3-4,8,23H2,1-2H3. The predicted molar refractivity (Wildman–Crippen MR) is 102 cm³/mol. The van der Waals surface area contributed by atoms with E-state index >= 15 is 0 Å². The number of nitriles is 1. The molecule has 28 heavy (non-hydrogen) atoms. The summed E-state index contributed by atoms with van der Waals surface area (Å²) in [5.74, 6) is -2.78. The molecule has 0 saturated heterocycles. The second kappa shape index (κ2) is 9.49. The molecule has 1 atom stereocenters. The van der Waals surface area contributed by atoms with Crippen molar-refractivity contribution in [2.45, 2.75) is 26.2 Å². The minimum atomic E-state index is -1.05. The van der Waals surface area contributed by atoms with E-state index in [9.17, 15) is 14.9 Å². The van der Waals surface area contributed by atoms with Gasteiger partial charge in [-0.3, -0.25) is 4.79 Å². The Morgan fingerprint density at radius 3 is 2.36 bits per heavy atom. The van der Waals surface area contributed by atoms with Crippen LogP contribution in [0.15, 0.2) is 41.0 Å².